The van der Waals surface area contributed by atoms with Crippen LogP contribution in [-0.2, 0) is 6.54 Å². The van der Waals surface area contributed by atoms with E-state index in [9.17, 15) is 4.79 Å². The molecule has 0 aliphatic carbocycles. The number of ether oxygens (including phenoxy) is 1. The number of carbonyl (C=O) groups excluding carboxylic acids is 1. The first-order valence-electron chi connectivity index (χ1n) is 5.57. The van der Waals surface area contributed by atoms with Crippen molar-refractivity contribution in [2.75, 3.05) is 14.2 Å². The Morgan fingerprint density at radius 2 is 2.22 bits per heavy atom. The van der Waals surface area contributed by atoms with Crippen LogP contribution in [0.2, 0.25) is 0 Å². The largest absolute Gasteiger partial charge is 0.496 e. The number of benzene rings is 1. The van der Waals surface area contributed by atoms with Crippen LogP contribution in [0.15, 0.2) is 43.0 Å². The van der Waals surface area contributed by atoms with Crippen molar-refractivity contribution in [3.8, 4) is 5.75 Å². The molecule has 5 nitrogen and oxygen atoms in total. The van der Waals surface area contributed by atoms with Gasteiger partial charge in [0, 0.05) is 25.0 Å². The molecule has 1 amide bonds. The number of hydrogen-bond acceptors (Lipinski definition) is 3. The van der Waals surface area contributed by atoms with Gasteiger partial charge in [0.25, 0.3) is 0 Å². The molecule has 0 aliphatic rings. The highest BCUT2D eigenvalue weighted by atomic mass is 16.5. The molecule has 0 bridgehead atoms. The van der Waals surface area contributed by atoms with Gasteiger partial charge in [0.05, 0.1) is 13.7 Å². The Balaban J connectivity index is 2.11. The van der Waals surface area contributed by atoms with Crippen molar-refractivity contribution in [1.82, 2.24) is 14.5 Å². The van der Waals surface area contributed by atoms with Crippen LogP contribution in [0.1, 0.15) is 5.56 Å². The van der Waals surface area contributed by atoms with Gasteiger partial charge in [-0.3, -0.25) is 4.57 Å². The second-order valence-corrected chi connectivity index (χ2v) is 3.92. The van der Waals surface area contributed by atoms with Gasteiger partial charge < -0.3 is 9.64 Å². The maximum Gasteiger partial charge on any atom is 0.329 e. The number of nitrogens with zero attached hydrogens (tertiary/aromatic N) is 3. The van der Waals surface area contributed by atoms with Crippen LogP contribution >= 0.6 is 0 Å². The Hall–Kier alpha value is -2.30. The third-order valence-electron chi connectivity index (χ3n) is 2.65. The third kappa shape index (κ3) is 2.51. The first kappa shape index (κ1) is 12.2. The first-order chi connectivity index (χ1) is 8.72. The van der Waals surface area contributed by atoms with Gasteiger partial charge in [0.1, 0.15) is 12.1 Å². The number of aromatic nitrogens is 2. The molecule has 0 N–H and O–H groups in total. The van der Waals surface area contributed by atoms with Gasteiger partial charge in [-0.25, -0.2) is 9.78 Å². The minimum absolute atomic E-state index is 0.126. The predicted octanol–water partition coefficient (Wildman–Crippen LogP) is 1.99. The van der Waals surface area contributed by atoms with Gasteiger partial charge in [-0.05, 0) is 6.07 Å². The van der Waals surface area contributed by atoms with E-state index >= 15 is 0 Å². The molecule has 0 saturated carbocycles. The Morgan fingerprint density at radius 3 is 2.89 bits per heavy atom. The maximum absolute atomic E-state index is 12.0. The van der Waals surface area contributed by atoms with Crippen molar-refractivity contribution in [1.29, 1.82) is 0 Å². The highest BCUT2D eigenvalue weighted by Crippen LogP contribution is 2.18. The molecular formula is C13H15N3O2. The maximum atomic E-state index is 12.0. The van der Waals surface area contributed by atoms with E-state index in [1.54, 1.807) is 31.5 Å². The Labute approximate surface area is 106 Å². The summed E-state index contributed by atoms with van der Waals surface area (Å²) >= 11 is 0. The van der Waals surface area contributed by atoms with Gasteiger partial charge in [0.2, 0.25) is 0 Å². The molecule has 1 aromatic carbocycles. The fraction of sp³-hybridized carbons (Fsp3) is 0.231. The summed E-state index contributed by atoms with van der Waals surface area (Å²) in [6.07, 6.45) is 4.69. The van der Waals surface area contributed by atoms with Crippen molar-refractivity contribution in [2.45, 2.75) is 6.54 Å². The summed E-state index contributed by atoms with van der Waals surface area (Å²) < 4.78 is 6.70. The summed E-state index contributed by atoms with van der Waals surface area (Å²) in [6, 6.07) is 7.52. The fourth-order valence-corrected chi connectivity index (χ4v) is 1.73. The monoisotopic (exact) mass is 245 g/mol. The highest BCUT2D eigenvalue weighted by molar-refractivity contribution is 5.76. The summed E-state index contributed by atoms with van der Waals surface area (Å²) in [6.45, 7) is 0.487. The van der Waals surface area contributed by atoms with Crippen molar-refractivity contribution in [3.05, 3.63) is 48.5 Å². The van der Waals surface area contributed by atoms with Gasteiger partial charge in [-0.1, -0.05) is 18.2 Å². The summed E-state index contributed by atoms with van der Waals surface area (Å²) in [5.41, 5.74) is 0.968. The smallest absolute Gasteiger partial charge is 0.329 e. The van der Waals surface area contributed by atoms with Gasteiger partial charge in [-0.2, -0.15) is 0 Å². The number of hydrogen-bond donors (Lipinski definition) is 0. The molecule has 0 radical (unpaired) electrons. The molecule has 0 aliphatic heterocycles. The summed E-state index contributed by atoms with van der Waals surface area (Å²) in [4.78, 5) is 17.5. The molecule has 0 unspecified atom stereocenters. The minimum atomic E-state index is -0.126. The summed E-state index contributed by atoms with van der Waals surface area (Å²) in [7, 11) is 3.37. The van der Waals surface area contributed by atoms with E-state index in [1.165, 1.54) is 10.9 Å². The quantitative estimate of drug-likeness (QED) is 0.830. The second kappa shape index (κ2) is 5.35. The molecule has 0 atom stereocenters. The average molecular weight is 245 g/mol. The molecule has 0 spiro atoms. The number of amides is 1. The number of imidazole rings is 1. The number of para-hydroxylation sites is 1. The summed E-state index contributed by atoms with van der Waals surface area (Å²) in [5.74, 6) is 0.780. The van der Waals surface area contributed by atoms with E-state index < -0.39 is 0 Å². The van der Waals surface area contributed by atoms with Crippen molar-refractivity contribution in [2.24, 2.45) is 0 Å². The summed E-state index contributed by atoms with van der Waals surface area (Å²) in [5, 5.41) is 0. The van der Waals surface area contributed by atoms with Crippen LogP contribution in [0.3, 0.4) is 0 Å². The lowest BCUT2D eigenvalue weighted by Crippen LogP contribution is -2.29. The van der Waals surface area contributed by atoms with Crippen LogP contribution in [0.25, 0.3) is 0 Å². The topological polar surface area (TPSA) is 47.4 Å². The number of carbonyl (C=O) groups is 1. The molecule has 2 aromatic rings. The van der Waals surface area contributed by atoms with Gasteiger partial charge in [-0.15, -0.1) is 0 Å². The number of methoxy groups -OCH3 is 1. The molecule has 0 saturated heterocycles. The Kier molecular flexibility index (Phi) is 3.62. The zero-order valence-electron chi connectivity index (χ0n) is 10.4. The van der Waals surface area contributed by atoms with E-state index in [1.807, 2.05) is 24.3 Å². The Bertz CT molecular complexity index is 523. The van der Waals surface area contributed by atoms with Crippen LogP contribution in [0.4, 0.5) is 4.79 Å². The zero-order chi connectivity index (χ0) is 13.0. The first-order valence-corrected chi connectivity index (χ1v) is 5.57. The predicted molar refractivity (Wildman–Crippen MR) is 67.5 cm³/mol. The van der Waals surface area contributed by atoms with Crippen molar-refractivity contribution < 1.29 is 9.53 Å². The van der Waals surface area contributed by atoms with Crippen LogP contribution in [0.5, 0.6) is 5.75 Å². The van der Waals surface area contributed by atoms with Gasteiger partial charge >= 0.3 is 6.03 Å². The minimum Gasteiger partial charge on any atom is -0.496 e. The van der Waals surface area contributed by atoms with Crippen molar-refractivity contribution in [3.63, 3.8) is 0 Å². The fourth-order valence-electron chi connectivity index (χ4n) is 1.73. The average Bonchev–Trinajstić information content (AvgIpc) is 2.92. The molecule has 1 aromatic heterocycles. The normalized spacial score (nSPS) is 10.1. The zero-order valence-corrected chi connectivity index (χ0v) is 10.4. The number of rotatable bonds is 3. The molecule has 5 heteroatoms. The molecule has 0 fully saturated rings. The SMILES string of the molecule is COc1ccccc1CN(C)C(=O)n1ccnc1. The molecule has 18 heavy (non-hydrogen) atoms. The van der Waals surface area contributed by atoms with Crippen LogP contribution in [0, 0.1) is 0 Å². The molecule has 94 valence electrons. The van der Waals surface area contributed by atoms with E-state index in [0.29, 0.717) is 6.54 Å². The van der Waals surface area contributed by atoms with Crippen LogP contribution in [-0.4, -0.2) is 34.6 Å². The molecular weight excluding hydrogens is 230 g/mol. The van der Waals surface area contributed by atoms with E-state index in [-0.39, 0.29) is 6.03 Å². The Morgan fingerprint density at radius 1 is 1.44 bits per heavy atom. The molecule has 1 heterocycles. The van der Waals surface area contributed by atoms with Crippen LogP contribution < -0.4 is 4.74 Å². The standard InChI is InChI=1S/C13H15N3O2/c1-15(13(17)16-8-7-14-10-16)9-11-5-3-4-6-12(11)18-2/h3-8,10H,9H2,1-2H3. The highest BCUT2D eigenvalue weighted by Gasteiger charge is 2.12. The van der Waals surface area contributed by atoms with E-state index in [0.717, 1.165) is 11.3 Å². The lowest BCUT2D eigenvalue weighted by atomic mass is 10.2. The van der Waals surface area contributed by atoms with E-state index in [2.05, 4.69) is 4.98 Å². The third-order valence-corrected chi connectivity index (χ3v) is 2.65. The second-order valence-electron chi connectivity index (χ2n) is 3.92. The lowest BCUT2D eigenvalue weighted by molar-refractivity contribution is 0.208. The molecule has 2 rings (SSSR count). The van der Waals surface area contributed by atoms with Crippen molar-refractivity contribution >= 4 is 6.03 Å². The van der Waals surface area contributed by atoms with Gasteiger partial charge in [0.15, 0.2) is 0 Å². The van der Waals surface area contributed by atoms with E-state index in [4.69, 9.17) is 4.74 Å². The lowest BCUT2D eigenvalue weighted by Gasteiger charge is -2.18.